The van der Waals surface area contributed by atoms with Crippen molar-refractivity contribution in [2.45, 2.75) is 10.6 Å². The number of hydrogen-bond donors (Lipinski definition) is 1. The standard InChI is InChI=1S/C12H10N4S/c13-6-10-5-9(3-4-15-10)8-17-11-1-2-12(14)16-7-11/h1-5,7H,8H2,(H2,14,16). The predicted octanol–water partition coefficient (Wildman–Crippen LogP) is 2.22. The van der Waals surface area contributed by atoms with E-state index in [1.165, 1.54) is 0 Å². The summed E-state index contributed by atoms with van der Waals surface area (Å²) >= 11 is 1.65. The highest BCUT2D eigenvalue weighted by atomic mass is 32.2. The van der Waals surface area contributed by atoms with E-state index in [1.54, 1.807) is 36.3 Å². The van der Waals surface area contributed by atoms with Crippen LogP contribution in [-0.2, 0) is 5.75 Å². The second-order valence-electron chi connectivity index (χ2n) is 3.37. The lowest BCUT2D eigenvalue weighted by Crippen LogP contribution is -1.89. The molecule has 0 aromatic carbocycles. The van der Waals surface area contributed by atoms with Gasteiger partial charge in [0.25, 0.3) is 0 Å². The summed E-state index contributed by atoms with van der Waals surface area (Å²) < 4.78 is 0. The number of aromatic nitrogens is 2. The van der Waals surface area contributed by atoms with Gasteiger partial charge >= 0.3 is 0 Å². The van der Waals surface area contributed by atoms with Crippen LogP contribution in [0.3, 0.4) is 0 Å². The van der Waals surface area contributed by atoms with E-state index >= 15 is 0 Å². The van der Waals surface area contributed by atoms with E-state index in [-0.39, 0.29) is 0 Å². The van der Waals surface area contributed by atoms with Gasteiger partial charge < -0.3 is 5.73 Å². The monoisotopic (exact) mass is 242 g/mol. The van der Waals surface area contributed by atoms with Gasteiger partial charge in [-0.1, -0.05) is 0 Å². The first-order valence-electron chi connectivity index (χ1n) is 4.97. The van der Waals surface area contributed by atoms with Gasteiger partial charge in [0.05, 0.1) is 0 Å². The van der Waals surface area contributed by atoms with Crippen LogP contribution >= 0.6 is 11.8 Å². The Labute approximate surface area is 104 Å². The van der Waals surface area contributed by atoms with E-state index < -0.39 is 0 Å². The van der Waals surface area contributed by atoms with Crippen molar-refractivity contribution in [1.29, 1.82) is 5.26 Å². The van der Waals surface area contributed by atoms with Gasteiger partial charge in [-0.25, -0.2) is 9.97 Å². The molecule has 2 N–H and O–H groups in total. The number of nitrogen functional groups attached to an aromatic ring is 1. The Morgan fingerprint density at radius 1 is 1.29 bits per heavy atom. The van der Waals surface area contributed by atoms with Crippen LogP contribution in [0.25, 0.3) is 0 Å². The largest absolute Gasteiger partial charge is 0.384 e. The molecule has 0 bridgehead atoms. The van der Waals surface area contributed by atoms with Crippen LogP contribution in [0.5, 0.6) is 0 Å². The summed E-state index contributed by atoms with van der Waals surface area (Å²) in [7, 11) is 0. The van der Waals surface area contributed by atoms with E-state index in [2.05, 4.69) is 9.97 Å². The molecule has 0 amide bonds. The van der Waals surface area contributed by atoms with Gasteiger partial charge in [0.1, 0.15) is 17.6 Å². The fraction of sp³-hybridized carbons (Fsp3) is 0.0833. The smallest absolute Gasteiger partial charge is 0.140 e. The lowest BCUT2D eigenvalue weighted by atomic mass is 10.2. The van der Waals surface area contributed by atoms with Crippen molar-refractivity contribution < 1.29 is 0 Å². The Morgan fingerprint density at radius 3 is 2.88 bits per heavy atom. The van der Waals surface area contributed by atoms with Gasteiger partial charge in [-0.15, -0.1) is 11.8 Å². The molecular formula is C12H10N4S. The average Bonchev–Trinajstić information content (AvgIpc) is 2.38. The number of nitriles is 1. The minimum atomic E-state index is 0.443. The molecule has 0 saturated heterocycles. The molecule has 17 heavy (non-hydrogen) atoms. The molecule has 84 valence electrons. The first-order valence-corrected chi connectivity index (χ1v) is 5.96. The molecule has 5 heteroatoms. The van der Waals surface area contributed by atoms with Gasteiger partial charge in [-0.05, 0) is 29.8 Å². The highest BCUT2D eigenvalue weighted by Crippen LogP contribution is 2.22. The Hall–Kier alpha value is -2.06. The van der Waals surface area contributed by atoms with E-state index in [0.717, 1.165) is 16.2 Å². The number of thioether (sulfide) groups is 1. The predicted molar refractivity (Wildman–Crippen MR) is 67.2 cm³/mol. The molecule has 0 fully saturated rings. The van der Waals surface area contributed by atoms with E-state index in [0.29, 0.717) is 11.5 Å². The molecule has 0 saturated carbocycles. The zero-order chi connectivity index (χ0) is 12.1. The zero-order valence-corrected chi connectivity index (χ0v) is 9.81. The Bertz CT molecular complexity index is 545. The Balaban J connectivity index is 2.02. The summed E-state index contributed by atoms with van der Waals surface area (Å²) in [6.07, 6.45) is 3.39. The van der Waals surface area contributed by atoms with Gasteiger partial charge in [0.2, 0.25) is 0 Å². The molecule has 0 unspecified atom stereocenters. The summed E-state index contributed by atoms with van der Waals surface area (Å²) in [6, 6.07) is 9.42. The molecular weight excluding hydrogens is 232 g/mol. The third kappa shape index (κ3) is 3.20. The Kier molecular flexibility index (Phi) is 3.58. The molecule has 4 nitrogen and oxygen atoms in total. The number of hydrogen-bond acceptors (Lipinski definition) is 5. The zero-order valence-electron chi connectivity index (χ0n) is 9.00. The fourth-order valence-corrected chi connectivity index (χ4v) is 2.07. The van der Waals surface area contributed by atoms with E-state index in [1.807, 2.05) is 18.2 Å². The third-order valence-electron chi connectivity index (χ3n) is 2.10. The maximum Gasteiger partial charge on any atom is 0.140 e. The molecule has 2 aromatic heterocycles. The minimum Gasteiger partial charge on any atom is -0.384 e. The number of nitrogens with zero attached hydrogens (tertiary/aromatic N) is 3. The molecule has 2 heterocycles. The van der Waals surface area contributed by atoms with Crippen molar-refractivity contribution in [2.75, 3.05) is 5.73 Å². The topological polar surface area (TPSA) is 75.6 Å². The number of anilines is 1. The van der Waals surface area contributed by atoms with E-state index in [9.17, 15) is 0 Å². The maximum atomic E-state index is 8.73. The summed E-state index contributed by atoms with van der Waals surface area (Å²) in [4.78, 5) is 8.99. The lowest BCUT2D eigenvalue weighted by Gasteiger charge is -2.02. The van der Waals surface area contributed by atoms with Gasteiger partial charge in [0.15, 0.2) is 0 Å². The van der Waals surface area contributed by atoms with Crippen LogP contribution < -0.4 is 5.73 Å². The molecule has 2 rings (SSSR count). The van der Waals surface area contributed by atoms with Crippen molar-refractivity contribution in [3.8, 4) is 6.07 Å². The molecule has 0 aliphatic heterocycles. The molecule has 0 aliphatic rings. The summed E-state index contributed by atoms with van der Waals surface area (Å²) in [5.41, 5.74) is 7.02. The maximum absolute atomic E-state index is 8.73. The quantitative estimate of drug-likeness (QED) is 0.835. The van der Waals surface area contributed by atoms with Crippen LogP contribution in [0.15, 0.2) is 41.6 Å². The second kappa shape index (κ2) is 5.32. The fourth-order valence-electron chi connectivity index (χ4n) is 1.27. The molecule has 0 aliphatic carbocycles. The molecule has 0 spiro atoms. The average molecular weight is 242 g/mol. The van der Waals surface area contributed by atoms with Crippen LogP contribution in [0.1, 0.15) is 11.3 Å². The first kappa shape index (κ1) is 11.4. The summed E-state index contributed by atoms with van der Waals surface area (Å²) in [5.74, 6) is 1.30. The molecule has 0 radical (unpaired) electrons. The third-order valence-corrected chi connectivity index (χ3v) is 3.16. The minimum absolute atomic E-state index is 0.443. The lowest BCUT2D eigenvalue weighted by molar-refractivity contribution is 1.21. The number of nitrogens with two attached hydrogens (primary N) is 1. The Morgan fingerprint density at radius 2 is 2.18 bits per heavy atom. The van der Waals surface area contributed by atoms with Crippen LogP contribution in [0.4, 0.5) is 5.82 Å². The van der Waals surface area contributed by atoms with Crippen LogP contribution in [0, 0.1) is 11.3 Å². The van der Waals surface area contributed by atoms with Crippen molar-refractivity contribution in [3.05, 3.63) is 47.9 Å². The van der Waals surface area contributed by atoms with Gasteiger partial charge in [-0.3, -0.25) is 0 Å². The highest BCUT2D eigenvalue weighted by molar-refractivity contribution is 7.98. The van der Waals surface area contributed by atoms with Crippen molar-refractivity contribution in [3.63, 3.8) is 0 Å². The van der Waals surface area contributed by atoms with Crippen LogP contribution in [-0.4, -0.2) is 9.97 Å². The van der Waals surface area contributed by atoms with Crippen LogP contribution in [0.2, 0.25) is 0 Å². The first-order chi connectivity index (χ1) is 8.28. The van der Waals surface area contributed by atoms with Gasteiger partial charge in [0, 0.05) is 23.0 Å². The van der Waals surface area contributed by atoms with Crippen molar-refractivity contribution in [1.82, 2.24) is 9.97 Å². The summed E-state index contributed by atoms with van der Waals surface area (Å²) in [6.45, 7) is 0. The second-order valence-corrected chi connectivity index (χ2v) is 4.42. The normalized spacial score (nSPS) is 9.82. The van der Waals surface area contributed by atoms with Gasteiger partial charge in [-0.2, -0.15) is 5.26 Å². The molecule has 0 atom stereocenters. The molecule has 2 aromatic rings. The summed E-state index contributed by atoms with van der Waals surface area (Å²) in [5, 5.41) is 8.73. The van der Waals surface area contributed by atoms with E-state index in [4.69, 9.17) is 11.0 Å². The number of pyridine rings is 2. The van der Waals surface area contributed by atoms with Crippen molar-refractivity contribution in [2.24, 2.45) is 0 Å². The number of rotatable bonds is 3. The highest BCUT2D eigenvalue weighted by Gasteiger charge is 1.99. The SMILES string of the molecule is N#Cc1cc(CSc2ccc(N)nc2)ccn1. The van der Waals surface area contributed by atoms with Crippen molar-refractivity contribution >= 4 is 17.6 Å².